The molecule has 5 rings (SSSR count). The fourth-order valence-corrected chi connectivity index (χ4v) is 5.04. The molecule has 1 unspecified atom stereocenters. The predicted molar refractivity (Wildman–Crippen MR) is 130 cm³/mol. The van der Waals surface area contributed by atoms with Gasteiger partial charge in [-0.3, -0.25) is 4.72 Å². The minimum absolute atomic E-state index is 0.0472. The summed E-state index contributed by atoms with van der Waals surface area (Å²) in [5.41, 5.74) is 7.88. The quantitative estimate of drug-likeness (QED) is 0.403. The molecular weight excluding hydrogens is 468 g/mol. The van der Waals surface area contributed by atoms with Crippen LogP contribution >= 0.6 is 0 Å². The van der Waals surface area contributed by atoms with E-state index in [4.69, 9.17) is 10.5 Å². The fourth-order valence-electron chi connectivity index (χ4n) is 3.93. The first kappa shape index (κ1) is 22.8. The molecule has 1 atom stereocenters. The second-order valence-electron chi connectivity index (χ2n) is 8.25. The first-order valence-corrected chi connectivity index (χ1v) is 12.6. The number of rotatable bonds is 7. The molecule has 0 fully saturated rings. The molecular formula is C24H24N6O4S. The monoisotopic (exact) mass is 492 g/mol. The largest absolute Gasteiger partial charge is 0.489 e. The Morgan fingerprint density at radius 2 is 1.80 bits per heavy atom. The van der Waals surface area contributed by atoms with Crippen LogP contribution in [0.1, 0.15) is 17.5 Å². The molecule has 11 heteroatoms. The van der Waals surface area contributed by atoms with Crippen molar-refractivity contribution in [2.24, 2.45) is 5.73 Å². The molecule has 10 nitrogen and oxygen atoms in total. The SMILES string of the molecule is NCC1CCc2cc(S(=O)(=O)Nc3ccc(-n4nnn(Cc5ccccc5)c4=O)cc3)ccc2O1. The van der Waals surface area contributed by atoms with Crippen molar-refractivity contribution in [1.82, 2.24) is 19.8 Å². The van der Waals surface area contributed by atoms with Crippen LogP contribution in [0.5, 0.6) is 5.75 Å². The summed E-state index contributed by atoms with van der Waals surface area (Å²) in [6.45, 7) is 0.725. The van der Waals surface area contributed by atoms with Crippen molar-refractivity contribution in [3.05, 3.63) is 94.4 Å². The number of aryl methyl sites for hydroxylation is 1. The molecule has 180 valence electrons. The number of nitrogens with two attached hydrogens (primary N) is 1. The first-order chi connectivity index (χ1) is 16.9. The highest BCUT2D eigenvalue weighted by atomic mass is 32.2. The van der Waals surface area contributed by atoms with Crippen molar-refractivity contribution in [2.75, 3.05) is 11.3 Å². The zero-order valence-corrected chi connectivity index (χ0v) is 19.6. The Balaban J connectivity index is 1.31. The third kappa shape index (κ3) is 4.81. The Hall–Kier alpha value is -3.96. The van der Waals surface area contributed by atoms with Gasteiger partial charge < -0.3 is 10.5 Å². The van der Waals surface area contributed by atoms with E-state index < -0.39 is 15.7 Å². The lowest BCUT2D eigenvalue weighted by Crippen LogP contribution is -2.30. The zero-order valence-electron chi connectivity index (χ0n) is 18.7. The average Bonchev–Trinajstić information content (AvgIpc) is 3.24. The summed E-state index contributed by atoms with van der Waals surface area (Å²) < 4.78 is 36.7. The van der Waals surface area contributed by atoms with Gasteiger partial charge in [-0.1, -0.05) is 30.3 Å². The van der Waals surface area contributed by atoms with Crippen molar-refractivity contribution >= 4 is 15.7 Å². The highest BCUT2D eigenvalue weighted by molar-refractivity contribution is 7.92. The molecule has 0 saturated carbocycles. The Morgan fingerprint density at radius 1 is 1.03 bits per heavy atom. The third-order valence-electron chi connectivity index (χ3n) is 5.81. The standard InChI is InChI=1S/C24H24N6O4S/c25-15-21-11-6-18-14-22(12-13-23(18)34-21)35(32,33)26-19-7-9-20(10-8-19)30-24(31)29(27-28-30)16-17-4-2-1-3-5-17/h1-5,7-10,12-14,21,26H,6,11,15-16,25H2. The van der Waals surface area contributed by atoms with E-state index in [1.807, 2.05) is 30.3 Å². The van der Waals surface area contributed by atoms with Gasteiger partial charge >= 0.3 is 5.69 Å². The second-order valence-corrected chi connectivity index (χ2v) is 9.94. The summed E-state index contributed by atoms with van der Waals surface area (Å²) >= 11 is 0. The molecule has 0 radical (unpaired) electrons. The normalized spacial score (nSPS) is 15.3. The van der Waals surface area contributed by atoms with E-state index in [1.165, 1.54) is 15.4 Å². The number of sulfonamides is 1. The molecule has 1 aliphatic rings. The van der Waals surface area contributed by atoms with E-state index >= 15 is 0 Å². The number of hydrogen-bond acceptors (Lipinski definition) is 7. The Kier molecular flexibility index (Phi) is 6.10. The molecule has 0 spiro atoms. The van der Waals surface area contributed by atoms with Gasteiger partial charge in [0.1, 0.15) is 11.9 Å². The molecule has 0 aliphatic carbocycles. The lowest BCUT2D eigenvalue weighted by Gasteiger charge is -2.25. The maximum absolute atomic E-state index is 12.9. The van der Waals surface area contributed by atoms with Crippen molar-refractivity contribution in [1.29, 1.82) is 0 Å². The molecule has 4 aromatic rings. The van der Waals surface area contributed by atoms with E-state index in [-0.39, 0.29) is 11.0 Å². The molecule has 0 bridgehead atoms. The smallest absolute Gasteiger partial charge is 0.368 e. The summed E-state index contributed by atoms with van der Waals surface area (Å²) in [4.78, 5) is 12.9. The van der Waals surface area contributed by atoms with Gasteiger partial charge in [-0.15, -0.1) is 0 Å². The van der Waals surface area contributed by atoms with Gasteiger partial charge in [0.2, 0.25) is 0 Å². The van der Waals surface area contributed by atoms with Crippen LogP contribution in [0.2, 0.25) is 0 Å². The number of fused-ring (bicyclic) bond motifs is 1. The number of anilines is 1. The number of hydrogen-bond donors (Lipinski definition) is 2. The third-order valence-corrected chi connectivity index (χ3v) is 7.19. The molecule has 0 amide bonds. The van der Waals surface area contributed by atoms with Crippen molar-refractivity contribution < 1.29 is 13.2 Å². The van der Waals surface area contributed by atoms with Gasteiger partial charge in [0.05, 0.1) is 17.1 Å². The highest BCUT2D eigenvalue weighted by Crippen LogP contribution is 2.30. The molecule has 2 heterocycles. The van der Waals surface area contributed by atoms with Crippen LogP contribution in [0.4, 0.5) is 5.69 Å². The van der Waals surface area contributed by atoms with E-state index in [1.54, 1.807) is 36.4 Å². The van der Waals surface area contributed by atoms with E-state index in [9.17, 15) is 13.2 Å². The maximum Gasteiger partial charge on any atom is 0.368 e. The average molecular weight is 493 g/mol. The number of aromatic nitrogens is 4. The van der Waals surface area contributed by atoms with Crippen molar-refractivity contribution in [2.45, 2.75) is 30.4 Å². The lowest BCUT2D eigenvalue weighted by molar-refractivity contribution is 0.181. The van der Waals surface area contributed by atoms with Crippen LogP contribution in [0.15, 0.2) is 82.5 Å². The van der Waals surface area contributed by atoms with Gasteiger partial charge in [-0.05, 0) is 76.9 Å². The van der Waals surface area contributed by atoms with Crippen LogP contribution < -0.4 is 20.9 Å². The maximum atomic E-state index is 12.9. The number of nitrogens with one attached hydrogen (secondary N) is 1. The minimum atomic E-state index is -3.81. The van der Waals surface area contributed by atoms with Gasteiger partial charge in [-0.25, -0.2) is 13.2 Å². The van der Waals surface area contributed by atoms with E-state index in [0.29, 0.717) is 36.6 Å². The summed E-state index contributed by atoms with van der Waals surface area (Å²) in [6, 6.07) is 20.6. The van der Waals surface area contributed by atoms with E-state index in [2.05, 4.69) is 15.1 Å². The lowest BCUT2D eigenvalue weighted by atomic mass is 10.0. The molecule has 0 saturated heterocycles. The highest BCUT2D eigenvalue weighted by Gasteiger charge is 2.22. The van der Waals surface area contributed by atoms with Crippen LogP contribution in [0, 0.1) is 0 Å². The summed E-state index contributed by atoms with van der Waals surface area (Å²) in [6.07, 6.45) is 1.40. The van der Waals surface area contributed by atoms with Gasteiger partial charge in [0.15, 0.2) is 0 Å². The Bertz CT molecular complexity index is 1500. The van der Waals surface area contributed by atoms with Gasteiger partial charge in [-0.2, -0.15) is 9.36 Å². The zero-order chi connectivity index (χ0) is 24.4. The number of nitrogens with zero attached hydrogens (tertiary/aromatic N) is 4. The van der Waals surface area contributed by atoms with Gasteiger partial charge in [0, 0.05) is 12.2 Å². The van der Waals surface area contributed by atoms with Crippen LogP contribution in [-0.2, 0) is 23.0 Å². The molecule has 3 aromatic carbocycles. The number of ether oxygens (including phenoxy) is 1. The van der Waals surface area contributed by atoms with Crippen molar-refractivity contribution in [3.8, 4) is 11.4 Å². The van der Waals surface area contributed by atoms with Crippen LogP contribution in [0.3, 0.4) is 0 Å². The molecule has 35 heavy (non-hydrogen) atoms. The summed E-state index contributed by atoms with van der Waals surface area (Å²) in [5, 5.41) is 7.89. The fraction of sp³-hybridized carbons (Fsp3) is 0.208. The Morgan fingerprint density at radius 3 is 2.54 bits per heavy atom. The summed E-state index contributed by atoms with van der Waals surface area (Å²) in [5.74, 6) is 0.667. The number of benzene rings is 3. The summed E-state index contributed by atoms with van der Waals surface area (Å²) in [7, 11) is -3.81. The minimum Gasteiger partial charge on any atom is -0.489 e. The van der Waals surface area contributed by atoms with Gasteiger partial charge in [0.25, 0.3) is 10.0 Å². The van der Waals surface area contributed by atoms with E-state index in [0.717, 1.165) is 17.5 Å². The topological polar surface area (TPSA) is 134 Å². The van der Waals surface area contributed by atoms with Crippen molar-refractivity contribution in [3.63, 3.8) is 0 Å². The number of tetrazole rings is 1. The molecule has 1 aromatic heterocycles. The molecule has 3 N–H and O–H groups in total. The molecule has 1 aliphatic heterocycles. The Labute approximate surface area is 202 Å². The first-order valence-electron chi connectivity index (χ1n) is 11.1. The second kappa shape index (κ2) is 9.35. The van der Waals surface area contributed by atoms with Crippen LogP contribution in [-0.4, -0.2) is 40.9 Å². The van der Waals surface area contributed by atoms with Crippen LogP contribution in [0.25, 0.3) is 5.69 Å². The predicted octanol–water partition coefficient (Wildman–Crippen LogP) is 1.93.